The van der Waals surface area contributed by atoms with Crippen molar-refractivity contribution < 1.29 is 4.79 Å². The lowest BCUT2D eigenvalue weighted by atomic mass is 10.2. The van der Waals surface area contributed by atoms with Crippen LogP contribution in [0, 0.1) is 0 Å². The van der Waals surface area contributed by atoms with Crippen LogP contribution in [0.15, 0.2) is 71.8 Å². The molecule has 0 aliphatic rings. The molecule has 0 atom stereocenters. The molecule has 6 heteroatoms. The molecule has 1 aromatic carbocycles. The van der Waals surface area contributed by atoms with Crippen molar-refractivity contribution in [3.8, 4) is 11.3 Å². The molecule has 132 valence electrons. The van der Waals surface area contributed by atoms with Crippen LogP contribution < -0.4 is 10.9 Å². The highest BCUT2D eigenvalue weighted by Gasteiger charge is 2.06. The van der Waals surface area contributed by atoms with E-state index < -0.39 is 0 Å². The molecule has 2 heterocycles. The maximum absolute atomic E-state index is 12.0. The summed E-state index contributed by atoms with van der Waals surface area (Å²) >= 11 is 0. The van der Waals surface area contributed by atoms with E-state index in [1.165, 1.54) is 10.7 Å². The quantitative estimate of drug-likeness (QED) is 0.711. The fourth-order valence-electron chi connectivity index (χ4n) is 2.55. The molecule has 0 radical (unpaired) electrons. The molecule has 0 fully saturated rings. The SMILES string of the molecule is O=C(CCCn1nc(-c2cccnc2)ccc1=O)NCc1ccccc1. The molecular formula is C20H20N4O2. The number of carbonyl (C=O) groups is 1. The highest BCUT2D eigenvalue weighted by molar-refractivity contribution is 5.75. The van der Waals surface area contributed by atoms with Crippen molar-refractivity contribution in [1.82, 2.24) is 20.1 Å². The van der Waals surface area contributed by atoms with Gasteiger partial charge in [-0.25, -0.2) is 4.68 Å². The van der Waals surface area contributed by atoms with Crippen molar-refractivity contribution in [2.45, 2.75) is 25.9 Å². The van der Waals surface area contributed by atoms with Gasteiger partial charge in [-0.05, 0) is 30.2 Å². The summed E-state index contributed by atoms with van der Waals surface area (Å²) in [7, 11) is 0. The number of amides is 1. The molecule has 6 nitrogen and oxygen atoms in total. The minimum absolute atomic E-state index is 0.0367. The summed E-state index contributed by atoms with van der Waals surface area (Å²) in [4.78, 5) is 28.0. The average molecular weight is 348 g/mol. The Bertz CT molecular complexity index is 908. The Labute approximate surface area is 151 Å². The van der Waals surface area contributed by atoms with Crippen molar-refractivity contribution in [1.29, 1.82) is 0 Å². The number of carbonyl (C=O) groups excluding carboxylic acids is 1. The van der Waals surface area contributed by atoms with Crippen molar-refractivity contribution >= 4 is 5.91 Å². The number of aromatic nitrogens is 3. The van der Waals surface area contributed by atoms with E-state index in [0.717, 1.165) is 11.1 Å². The minimum atomic E-state index is -0.178. The number of hydrogen-bond donors (Lipinski definition) is 1. The summed E-state index contributed by atoms with van der Waals surface area (Å²) in [6.45, 7) is 0.903. The second-order valence-corrected chi connectivity index (χ2v) is 5.89. The number of benzene rings is 1. The Hall–Kier alpha value is -3.28. The number of rotatable bonds is 7. The van der Waals surface area contributed by atoms with Crippen LogP contribution in [0.2, 0.25) is 0 Å². The first kappa shape index (κ1) is 17.5. The lowest BCUT2D eigenvalue weighted by Gasteiger charge is -2.08. The summed E-state index contributed by atoms with van der Waals surface area (Å²) < 4.78 is 1.40. The van der Waals surface area contributed by atoms with E-state index in [0.29, 0.717) is 31.6 Å². The van der Waals surface area contributed by atoms with Crippen LogP contribution in [0.3, 0.4) is 0 Å². The van der Waals surface area contributed by atoms with Crippen LogP contribution in [0.5, 0.6) is 0 Å². The van der Waals surface area contributed by atoms with E-state index in [9.17, 15) is 9.59 Å². The van der Waals surface area contributed by atoms with E-state index in [-0.39, 0.29) is 11.5 Å². The Balaban J connectivity index is 1.53. The van der Waals surface area contributed by atoms with Crippen molar-refractivity contribution in [3.05, 3.63) is 82.9 Å². The van der Waals surface area contributed by atoms with Gasteiger partial charge >= 0.3 is 0 Å². The van der Waals surface area contributed by atoms with Crippen LogP contribution in [-0.2, 0) is 17.9 Å². The van der Waals surface area contributed by atoms with Gasteiger partial charge in [-0.1, -0.05) is 30.3 Å². The van der Waals surface area contributed by atoms with Gasteiger partial charge in [0.2, 0.25) is 5.91 Å². The summed E-state index contributed by atoms with van der Waals surface area (Å²) in [5.74, 6) is -0.0367. The van der Waals surface area contributed by atoms with Gasteiger partial charge in [-0.3, -0.25) is 14.6 Å². The van der Waals surface area contributed by atoms with Gasteiger partial charge in [-0.2, -0.15) is 5.10 Å². The molecule has 0 spiro atoms. The molecular weight excluding hydrogens is 328 g/mol. The van der Waals surface area contributed by atoms with Gasteiger partial charge in [0.25, 0.3) is 5.56 Å². The molecule has 0 saturated heterocycles. The first-order chi connectivity index (χ1) is 12.7. The van der Waals surface area contributed by atoms with Crippen LogP contribution in [-0.4, -0.2) is 20.7 Å². The number of pyridine rings is 1. The molecule has 3 aromatic rings. The first-order valence-electron chi connectivity index (χ1n) is 8.51. The second kappa shape index (κ2) is 8.71. The number of hydrogen-bond acceptors (Lipinski definition) is 4. The van der Waals surface area contributed by atoms with Gasteiger partial charge in [-0.15, -0.1) is 0 Å². The highest BCUT2D eigenvalue weighted by Crippen LogP contribution is 2.12. The number of nitrogens with zero attached hydrogens (tertiary/aromatic N) is 3. The maximum Gasteiger partial charge on any atom is 0.266 e. The molecule has 0 unspecified atom stereocenters. The van der Waals surface area contributed by atoms with Gasteiger partial charge in [0, 0.05) is 43.5 Å². The summed E-state index contributed by atoms with van der Waals surface area (Å²) in [5, 5.41) is 7.25. The van der Waals surface area contributed by atoms with Gasteiger partial charge in [0.1, 0.15) is 0 Å². The smallest absolute Gasteiger partial charge is 0.266 e. The Morgan fingerprint density at radius 1 is 1.04 bits per heavy atom. The molecule has 2 aromatic heterocycles. The largest absolute Gasteiger partial charge is 0.352 e. The zero-order valence-electron chi connectivity index (χ0n) is 14.3. The van der Waals surface area contributed by atoms with Gasteiger partial charge < -0.3 is 5.32 Å². The van der Waals surface area contributed by atoms with E-state index in [1.54, 1.807) is 18.5 Å². The monoisotopic (exact) mass is 348 g/mol. The van der Waals surface area contributed by atoms with Crippen molar-refractivity contribution in [2.75, 3.05) is 0 Å². The molecule has 0 saturated carbocycles. The van der Waals surface area contributed by atoms with E-state index in [4.69, 9.17) is 0 Å². The molecule has 0 aliphatic heterocycles. The van der Waals surface area contributed by atoms with Crippen molar-refractivity contribution in [2.24, 2.45) is 0 Å². The summed E-state index contributed by atoms with van der Waals surface area (Å²) in [6, 6.07) is 16.6. The summed E-state index contributed by atoms with van der Waals surface area (Å²) in [6.07, 6.45) is 4.28. The zero-order valence-corrected chi connectivity index (χ0v) is 14.3. The lowest BCUT2D eigenvalue weighted by Crippen LogP contribution is -2.25. The molecule has 1 amide bonds. The lowest BCUT2D eigenvalue weighted by molar-refractivity contribution is -0.121. The third kappa shape index (κ3) is 4.86. The van der Waals surface area contributed by atoms with Gasteiger partial charge in [0.05, 0.1) is 5.69 Å². The van der Waals surface area contributed by atoms with E-state index >= 15 is 0 Å². The Morgan fingerprint density at radius 2 is 1.88 bits per heavy atom. The second-order valence-electron chi connectivity index (χ2n) is 5.89. The van der Waals surface area contributed by atoms with E-state index in [1.807, 2.05) is 42.5 Å². The Kier molecular flexibility index (Phi) is 5.88. The third-order valence-electron chi connectivity index (χ3n) is 3.93. The fourth-order valence-corrected chi connectivity index (χ4v) is 2.55. The zero-order chi connectivity index (χ0) is 18.2. The topological polar surface area (TPSA) is 76.9 Å². The first-order valence-corrected chi connectivity index (χ1v) is 8.51. The predicted octanol–water partition coefficient (Wildman–Crippen LogP) is 2.40. The molecule has 1 N–H and O–H groups in total. The van der Waals surface area contributed by atoms with Crippen LogP contribution in [0.4, 0.5) is 0 Å². The standard InChI is InChI=1S/C20H20N4O2/c25-19(22-14-16-6-2-1-3-7-16)9-5-13-24-20(26)11-10-18(23-24)17-8-4-12-21-15-17/h1-4,6-8,10-12,15H,5,9,13-14H2,(H,22,25). The summed E-state index contributed by atoms with van der Waals surface area (Å²) in [5.41, 5.74) is 2.42. The highest BCUT2D eigenvalue weighted by atomic mass is 16.1. The van der Waals surface area contributed by atoms with Gasteiger partial charge in [0.15, 0.2) is 0 Å². The average Bonchev–Trinajstić information content (AvgIpc) is 2.69. The van der Waals surface area contributed by atoms with E-state index in [2.05, 4.69) is 15.4 Å². The normalized spacial score (nSPS) is 10.5. The van der Waals surface area contributed by atoms with Crippen LogP contribution in [0.1, 0.15) is 18.4 Å². The number of aryl methyl sites for hydroxylation is 1. The molecule has 26 heavy (non-hydrogen) atoms. The number of nitrogens with one attached hydrogen (secondary N) is 1. The maximum atomic E-state index is 12.0. The predicted molar refractivity (Wildman–Crippen MR) is 99.3 cm³/mol. The van der Waals surface area contributed by atoms with Crippen LogP contribution >= 0.6 is 0 Å². The molecule has 0 bridgehead atoms. The molecule has 0 aliphatic carbocycles. The molecule has 3 rings (SSSR count). The minimum Gasteiger partial charge on any atom is -0.352 e. The van der Waals surface area contributed by atoms with Crippen molar-refractivity contribution in [3.63, 3.8) is 0 Å². The third-order valence-corrected chi connectivity index (χ3v) is 3.93. The van der Waals surface area contributed by atoms with Crippen LogP contribution in [0.25, 0.3) is 11.3 Å². The Morgan fingerprint density at radius 3 is 2.65 bits per heavy atom. The fraction of sp³-hybridized carbons (Fsp3) is 0.200.